The molecule has 4 rings (SSSR count). The lowest BCUT2D eigenvalue weighted by molar-refractivity contribution is -0.288. The van der Waals surface area contributed by atoms with E-state index < -0.39 is 181 Å². The van der Waals surface area contributed by atoms with Gasteiger partial charge in [0.25, 0.3) is 0 Å². The Morgan fingerprint density at radius 2 is 0.657 bits per heavy atom. The van der Waals surface area contributed by atoms with E-state index in [1.807, 2.05) is 0 Å². The molecule has 4 amide bonds. The number of esters is 10. The summed E-state index contributed by atoms with van der Waals surface area (Å²) >= 11 is 0. The summed E-state index contributed by atoms with van der Waals surface area (Å²) in [6.07, 6.45) is -9.18. The SMILES string of the molecule is CC(=O)OC[C@H]1O[C@@H](Oc2ccc(NC(=O)[C@H](CCC(=O)OC(C)(C)C)NC(=O)CCCCCCCCCCC(=O)N[C@@H](CCC(=O)OC(C)(C)C)C(=O)Nc3ccc(O[C@@H]4O[C@H](COC(C)=O)[C@@H](OC(C)=O)[C@H](OC(C)=O)[C@H]4OC(C)=O)cc3)cc2)[C@H](OC(C)=O)[C@@H](OC(C)=O)[C@@H]1OC(C)=O. The van der Waals surface area contributed by atoms with E-state index in [1.165, 1.54) is 48.5 Å². The van der Waals surface area contributed by atoms with Gasteiger partial charge in [0, 0.05) is 92.4 Å². The molecule has 2 fully saturated rings. The summed E-state index contributed by atoms with van der Waals surface area (Å²) in [5.41, 5.74) is -1.13. The Kier molecular flexibility index (Phi) is 34.5. The van der Waals surface area contributed by atoms with Gasteiger partial charge in [-0.05, 0) is 116 Å². The number of hydrogen-bond donors (Lipinski definition) is 4. The van der Waals surface area contributed by atoms with Crippen LogP contribution >= 0.6 is 0 Å². The molecular formula is C70H98N4O28. The first-order valence-corrected chi connectivity index (χ1v) is 33.6. The van der Waals surface area contributed by atoms with Crippen LogP contribution in [0.4, 0.5) is 11.4 Å². The summed E-state index contributed by atoms with van der Waals surface area (Å²) in [6, 6.07) is 9.20. The molecular weight excluding hydrogens is 1340 g/mol. The van der Waals surface area contributed by atoms with E-state index in [1.54, 1.807) is 41.5 Å². The maximum Gasteiger partial charge on any atom is 0.306 e. The highest BCUT2D eigenvalue weighted by molar-refractivity contribution is 5.98. The van der Waals surface area contributed by atoms with E-state index in [0.29, 0.717) is 25.7 Å². The standard InChI is InChI=1S/C70H98N4O28/c1-39(75)89-37-53-59(91-41(3)77)61(93-43(5)79)63(95-45(7)81)67(99-53)97-49-29-25-47(26-30-49)71-65(87)51(33-35-57(85)101-69(9,10)11)73-55(83)23-21-19-17-15-16-18-20-22-24-56(84)74-52(34-36-58(86)102-70(12,13)14)66(88)72-48-27-31-50(32-28-48)98-68-64(96-46(8)82)62(94-44(6)80)60(92-42(4)78)54(100-68)38-90-40(2)76/h25-32,51-54,59-64,67-68H,15-24,33-38H2,1-14H3,(H,71,87)(H,72,88)(H,73,83)(H,74,84)/t51-,52-,53+,54+,59+,60+,61-,62-,63+,64+,67+,68+/m0/s1. The van der Waals surface area contributed by atoms with E-state index in [9.17, 15) is 67.1 Å². The van der Waals surface area contributed by atoms with Crippen LogP contribution in [0.25, 0.3) is 0 Å². The molecule has 0 aromatic heterocycles. The summed E-state index contributed by atoms with van der Waals surface area (Å²) in [5, 5.41) is 11.0. The first-order chi connectivity index (χ1) is 47.8. The molecule has 0 radical (unpaired) electrons. The highest BCUT2D eigenvalue weighted by Gasteiger charge is 2.55. The van der Waals surface area contributed by atoms with Crippen LogP contribution in [0.2, 0.25) is 0 Å². The van der Waals surface area contributed by atoms with Crippen molar-refractivity contribution in [1.29, 1.82) is 0 Å². The molecule has 32 nitrogen and oxygen atoms in total. The van der Waals surface area contributed by atoms with E-state index in [0.717, 1.165) is 81.1 Å². The van der Waals surface area contributed by atoms with Gasteiger partial charge in [0.05, 0.1) is 0 Å². The van der Waals surface area contributed by atoms with Gasteiger partial charge in [-0.2, -0.15) is 0 Å². The van der Waals surface area contributed by atoms with Gasteiger partial charge in [-0.3, -0.25) is 67.1 Å². The minimum atomic E-state index is -1.53. The molecule has 0 spiro atoms. The minimum Gasteiger partial charge on any atom is -0.463 e. The van der Waals surface area contributed by atoms with E-state index in [-0.39, 0.29) is 61.4 Å². The Balaban J connectivity index is 1.30. The van der Waals surface area contributed by atoms with E-state index in [2.05, 4.69) is 21.3 Å². The van der Waals surface area contributed by atoms with E-state index >= 15 is 0 Å². The zero-order valence-electron chi connectivity index (χ0n) is 60.3. The van der Waals surface area contributed by atoms with Crippen LogP contribution in [0.15, 0.2) is 48.5 Å². The number of anilines is 2. The topological polar surface area (TPSA) is 416 Å². The van der Waals surface area contributed by atoms with Crippen molar-refractivity contribution in [1.82, 2.24) is 10.6 Å². The fourth-order valence-corrected chi connectivity index (χ4v) is 10.5. The van der Waals surface area contributed by atoms with Crippen molar-refractivity contribution < 1.29 is 133 Å². The lowest BCUT2D eigenvalue weighted by Crippen LogP contribution is -2.63. The zero-order chi connectivity index (χ0) is 76.0. The molecule has 2 aliphatic rings. The smallest absolute Gasteiger partial charge is 0.306 e. The van der Waals surface area contributed by atoms with Gasteiger partial charge in [-0.1, -0.05) is 38.5 Å². The Hall–Kier alpha value is -9.46. The number of ether oxygens (including phenoxy) is 14. The Morgan fingerprint density at radius 1 is 0.373 bits per heavy atom. The van der Waals surface area contributed by atoms with Crippen molar-refractivity contribution >= 4 is 94.7 Å². The summed E-state index contributed by atoms with van der Waals surface area (Å²) in [5.74, 6) is -9.44. The lowest BCUT2D eigenvalue weighted by atomic mass is 9.98. The maximum absolute atomic E-state index is 13.8. The number of nitrogens with one attached hydrogen (secondary N) is 4. The van der Waals surface area contributed by atoms with Gasteiger partial charge in [0.2, 0.25) is 48.4 Å². The van der Waals surface area contributed by atoms with Gasteiger partial charge < -0.3 is 87.6 Å². The Labute approximate surface area is 592 Å². The molecule has 102 heavy (non-hydrogen) atoms. The Morgan fingerprint density at radius 3 is 0.941 bits per heavy atom. The third-order valence-corrected chi connectivity index (χ3v) is 14.6. The largest absolute Gasteiger partial charge is 0.463 e. The number of amides is 4. The number of carbonyl (C=O) groups is 14. The first kappa shape index (κ1) is 85.0. The van der Waals surface area contributed by atoms with Crippen molar-refractivity contribution in [2.75, 3.05) is 23.8 Å². The quantitative estimate of drug-likeness (QED) is 0.0327. The van der Waals surface area contributed by atoms with Crippen LogP contribution in [0, 0.1) is 0 Å². The molecule has 0 saturated carbocycles. The summed E-state index contributed by atoms with van der Waals surface area (Å²) < 4.78 is 78.0. The summed E-state index contributed by atoms with van der Waals surface area (Å²) in [4.78, 5) is 177. The van der Waals surface area contributed by atoms with Crippen molar-refractivity contribution in [2.45, 2.75) is 272 Å². The number of hydrogen-bond acceptors (Lipinski definition) is 28. The molecule has 2 saturated heterocycles. The monoisotopic (exact) mass is 1440 g/mol. The number of rotatable bonds is 37. The van der Waals surface area contributed by atoms with Crippen LogP contribution in [-0.4, -0.2) is 181 Å². The second-order valence-corrected chi connectivity index (χ2v) is 26.2. The molecule has 0 unspecified atom stereocenters. The van der Waals surface area contributed by atoms with Crippen molar-refractivity contribution in [2.24, 2.45) is 0 Å². The molecule has 12 atom stereocenters. The van der Waals surface area contributed by atoms with Crippen LogP contribution in [0.5, 0.6) is 11.5 Å². The van der Waals surface area contributed by atoms with E-state index in [4.69, 9.17) is 66.3 Å². The van der Waals surface area contributed by atoms with Gasteiger partial charge >= 0.3 is 59.7 Å². The van der Waals surface area contributed by atoms with Crippen LogP contribution < -0.4 is 30.7 Å². The fraction of sp³-hybridized carbons (Fsp3) is 0.629. The zero-order valence-corrected chi connectivity index (χ0v) is 60.3. The highest BCUT2D eigenvalue weighted by Crippen LogP contribution is 2.34. The van der Waals surface area contributed by atoms with Gasteiger partial charge in [0.15, 0.2) is 24.4 Å². The first-order valence-electron chi connectivity index (χ1n) is 33.6. The van der Waals surface area contributed by atoms with Gasteiger partial charge in [-0.25, -0.2) is 0 Å². The minimum absolute atomic E-state index is 0.0814. The molecule has 2 aromatic rings. The van der Waals surface area contributed by atoms with Crippen LogP contribution in [-0.2, 0) is 124 Å². The molecule has 0 bridgehead atoms. The average Bonchev–Trinajstić information content (AvgIpc) is 0.788. The molecule has 4 N–H and O–H groups in total. The van der Waals surface area contributed by atoms with Crippen LogP contribution in [0.3, 0.4) is 0 Å². The maximum atomic E-state index is 13.8. The predicted molar refractivity (Wildman–Crippen MR) is 356 cm³/mol. The van der Waals surface area contributed by atoms with Crippen molar-refractivity contribution in [3.63, 3.8) is 0 Å². The lowest BCUT2D eigenvalue weighted by Gasteiger charge is -2.43. The molecule has 32 heteroatoms. The normalized spacial score (nSPS) is 20.7. The van der Waals surface area contributed by atoms with Gasteiger partial charge in [0.1, 0.15) is 60.2 Å². The third kappa shape index (κ3) is 32.5. The summed E-state index contributed by atoms with van der Waals surface area (Å²) in [7, 11) is 0. The molecule has 0 aliphatic carbocycles. The number of unbranched alkanes of at least 4 members (excludes halogenated alkanes) is 7. The second-order valence-electron chi connectivity index (χ2n) is 26.2. The Bertz CT molecular complexity index is 2990. The highest BCUT2D eigenvalue weighted by atomic mass is 16.8. The predicted octanol–water partition coefficient (Wildman–Crippen LogP) is 6.30. The van der Waals surface area contributed by atoms with Crippen molar-refractivity contribution in [3.05, 3.63) is 48.5 Å². The number of carbonyl (C=O) groups excluding carboxylic acids is 14. The van der Waals surface area contributed by atoms with Gasteiger partial charge in [-0.15, -0.1) is 0 Å². The second kappa shape index (κ2) is 41.5. The molecule has 2 aromatic carbocycles. The summed E-state index contributed by atoms with van der Waals surface area (Å²) in [6.45, 7) is 18.0. The molecule has 2 aliphatic heterocycles. The van der Waals surface area contributed by atoms with Crippen LogP contribution in [0.1, 0.15) is 187 Å². The molecule has 2 heterocycles. The average molecular weight is 1440 g/mol. The third-order valence-electron chi connectivity index (χ3n) is 14.6. The van der Waals surface area contributed by atoms with Crippen molar-refractivity contribution in [3.8, 4) is 11.5 Å². The number of benzene rings is 2. The fourth-order valence-electron chi connectivity index (χ4n) is 10.5. The molecule has 566 valence electrons.